The Morgan fingerprint density at radius 1 is 1.50 bits per heavy atom. The van der Waals surface area contributed by atoms with E-state index >= 15 is 0 Å². The Kier molecular flexibility index (Phi) is 3.95. The van der Waals surface area contributed by atoms with Crippen molar-refractivity contribution in [2.24, 2.45) is 0 Å². The summed E-state index contributed by atoms with van der Waals surface area (Å²) in [5.74, 6) is -0.824. The lowest BCUT2D eigenvalue weighted by Gasteiger charge is -2.13. The molecule has 0 aliphatic carbocycles. The molecule has 0 saturated heterocycles. The van der Waals surface area contributed by atoms with Crippen LogP contribution >= 0.6 is 15.9 Å². The average molecular weight is 258 g/mol. The molecule has 0 heterocycles. The van der Waals surface area contributed by atoms with Gasteiger partial charge in [-0.25, -0.2) is 4.79 Å². The highest BCUT2D eigenvalue weighted by Crippen LogP contribution is 2.15. The fourth-order valence-corrected chi connectivity index (χ4v) is 1.35. The maximum Gasteiger partial charge on any atom is 0.326 e. The fraction of sp³-hybridized carbons (Fsp3) is 0.300. The van der Waals surface area contributed by atoms with Crippen LogP contribution in [-0.4, -0.2) is 17.1 Å². The lowest BCUT2D eigenvalue weighted by atomic mass is 10.2. The van der Waals surface area contributed by atoms with Gasteiger partial charge in [0.1, 0.15) is 6.04 Å². The molecule has 1 atom stereocenters. The predicted molar refractivity (Wildman–Crippen MR) is 59.5 cm³/mol. The maximum atomic E-state index is 10.7. The van der Waals surface area contributed by atoms with Crippen molar-refractivity contribution in [3.05, 3.63) is 28.7 Å². The van der Waals surface area contributed by atoms with Crippen molar-refractivity contribution in [3.8, 4) is 0 Å². The van der Waals surface area contributed by atoms with Gasteiger partial charge in [-0.1, -0.05) is 22.9 Å². The number of halogens is 1. The van der Waals surface area contributed by atoms with Crippen LogP contribution in [-0.2, 0) is 4.79 Å². The van der Waals surface area contributed by atoms with E-state index in [1.807, 2.05) is 31.2 Å². The molecule has 4 heteroatoms. The van der Waals surface area contributed by atoms with E-state index in [9.17, 15) is 4.79 Å². The number of benzene rings is 1. The highest BCUT2D eigenvalue weighted by Gasteiger charge is 2.13. The molecular weight excluding hydrogens is 246 g/mol. The summed E-state index contributed by atoms with van der Waals surface area (Å²) in [4.78, 5) is 10.7. The van der Waals surface area contributed by atoms with Crippen LogP contribution in [0, 0.1) is 0 Å². The molecule has 14 heavy (non-hydrogen) atoms. The minimum Gasteiger partial charge on any atom is -0.480 e. The van der Waals surface area contributed by atoms with E-state index in [0.29, 0.717) is 6.42 Å². The Hall–Kier alpha value is -1.03. The zero-order chi connectivity index (χ0) is 10.6. The molecule has 76 valence electrons. The molecule has 0 bridgehead atoms. The molecule has 0 spiro atoms. The summed E-state index contributed by atoms with van der Waals surface area (Å²) in [6, 6.07) is 6.91. The van der Waals surface area contributed by atoms with Crippen LogP contribution in [0.4, 0.5) is 5.69 Å². The molecule has 2 N–H and O–H groups in total. The van der Waals surface area contributed by atoms with Crippen molar-refractivity contribution in [1.29, 1.82) is 0 Å². The minimum atomic E-state index is -0.824. The maximum absolute atomic E-state index is 10.7. The van der Waals surface area contributed by atoms with Crippen molar-refractivity contribution in [1.82, 2.24) is 0 Å². The SMILES string of the molecule is CC[C@@H](Nc1ccc(Br)cc1)C(=O)O. The predicted octanol–water partition coefficient (Wildman–Crippen LogP) is 2.72. The van der Waals surface area contributed by atoms with Crippen molar-refractivity contribution < 1.29 is 9.90 Å². The van der Waals surface area contributed by atoms with E-state index in [1.54, 1.807) is 0 Å². The van der Waals surface area contributed by atoms with Gasteiger partial charge in [-0.2, -0.15) is 0 Å². The van der Waals surface area contributed by atoms with Crippen molar-refractivity contribution in [2.75, 3.05) is 5.32 Å². The number of carbonyl (C=O) groups is 1. The summed E-state index contributed by atoms with van der Waals surface area (Å²) < 4.78 is 0.978. The van der Waals surface area contributed by atoms with Crippen LogP contribution in [0.15, 0.2) is 28.7 Å². The topological polar surface area (TPSA) is 49.3 Å². The Bertz CT molecular complexity index is 310. The largest absolute Gasteiger partial charge is 0.480 e. The summed E-state index contributed by atoms with van der Waals surface area (Å²) in [5, 5.41) is 11.8. The van der Waals surface area contributed by atoms with Crippen molar-refractivity contribution in [2.45, 2.75) is 19.4 Å². The summed E-state index contributed by atoms with van der Waals surface area (Å²) in [7, 11) is 0. The molecule has 1 rings (SSSR count). The second-order valence-corrected chi connectivity index (χ2v) is 3.87. The van der Waals surface area contributed by atoms with E-state index in [1.165, 1.54) is 0 Å². The highest BCUT2D eigenvalue weighted by atomic mass is 79.9. The summed E-state index contributed by atoms with van der Waals surface area (Å²) in [6.07, 6.45) is 0.561. The highest BCUT2D eigenvalue weighted by molar-refractivity contribution is 9.10. The van der Waals surface area contributed by atoms with Crippen LogP contribution in [0.25, 0.3) is 0 Å². The number of carboxylic acids is 1. The first-order valence-electron chi connectivity index (χ1n) is 4.38. The van der Waals surface area contributed by atoms with E-state index < -0.39 is 12.0 Å². The van der Waals surface area contributed by atoms with Gasteiger partial charge in [-0.3, -0.25) is 0 Å². The first kappa shape index (κ1) is 11.0. The van der Waals surface area contributed by atoms with Gasteiger partial charge >= 0.3 is 5.97 Å². The number of hydrogen-bond donors (Lipinski definition) is 2. The van der Waals surface area contributed by atoms with Crippen LogP contribution < -0.4 is 5.32 Å². The number of aliphatic carboxylic acids is 1. The first-order chi connectivity index (χ1) is 6.63. The minimum absolute atomic E-state index is 0.517. The zero-order valence-electron chi connectivity index (χ0n) is 7.83. The molecule has 1 aromatic rings. The van der Waals surface area contributed by atoms with E-state index in [2.05, 4.69) is 21.2 Å². The third-order valence-electron chi connectivity index (χ3n) is 1.89. The molecular formula is C10H12BrNO2. The van der Waals surface area contributed by atoms with Crippen LogP contribution in [0.3, 0.4) is 0 Å². The summed E-state index contributed by atoms with van der Waals surface area (Å²) in [5.41, 5.74) is 0.822. The number of rotatable bonds is 4. The standard InChI is InChI=1S/C10H12BrNO2/c1-2-9(10(13)14)12-8-5-3-7(11)4-6-8/h3-6,9,12H,2H2,1H3,(H,13,14)/t9-/m1/s1. The molecule has 0 aliphatic heterocycles. The first-order valence-corrected chi connectivity index (χ1v) is 5.17. The molecule has 0 radical (unpaired) electrons. The third-order valence-corrected chi connectivity index (χ3v) is 2.42. The van der Waals surface area contributed by atoms with Gasteiger partial charge in [0.2, 0.25) is 0 Å². The summed E-state index contributed by atoms with van der Waals surface area (Å²) >= 11 is 3.31. The van der Waals surface area contributed by atoms with Gasteiger partial charge in [0.25, 0.3) is 0 Å². The molecule has 0 saturated carbocycles. The lowest BCUT2D eigenvalue weighted by Crippen LogP contribution is -2.28. The lowest BCUT2D eigenvalue weighted by molar-refractivity contribution is -0.137. The van der Waals surface area contributed by atoms with Gasteiger partial charge in [-0.15, -0.1) is 0 Å². The monoisotopic (exact) mass is 257 g/mol. The van der Waals surface area contributed by atoms with Gasteiger partial charge < -0.3 is 10.4 Å². The van der Waals surface area contributed by atoms with Gasteiger partial charge in [-0.05, 0) is 30.7 Å². The zero-order valence-corrected chi connectivity index (χ0v) is 9.41. The second kappa shape index (κ2) is 5.00. The third kappa shape index (κ3) is 3.03. The number of hydrogen-bond acceptors (Lipinski definition) is 2. The van der Waals surface area contributed by atoms with Crippen molar-refractivity contribution >= 4 is 27.6 Å². The Morgan fingerprint density at radius 3 is 2.50 bits per heavy atom. The Balaban J connectivity index is 2.67. The van der Waals surface area contributed by atoms with Gasteiger partial charge in [0, 0.05) is 10.2 Å². The molecule has 0 aromatic heterocycles. The van der Waals surface area contributed by atoms with Crippen LogP contribution in [0.1, 0.15) is 13.3 Å². The quantitative estimate of drug-likeness (QED) is 0.872. The van der Waals surface area contributed by atoms with Crippen LogP contribution in [0.5, 0.6) is 0 Å². The second-order valence-electron chi connectivity index (χ2n) is 2.95. The van der Waals surface area contributed by atoms with Crippen molar-refractivity contribution in [3.63, 3.8) is 0 Å². The molecule has 0 fully saturated rings. The number of anilines is 1. The van der Waals surface area contributed by atoms with E-state index in [0.717, 1.165) is 10.2 Å². The fourth-order valence-electron chi connectivity index (χ4n) is 1.09. The number of carboxylic acid groups (broad SMARTS) is 1. The van der Waals surface area contributed by atoms with Gasteiger partial charge in [0.15, 0.2) is 0 Å². The van der Waals surface area contributed by atoms with Gasteiger partial charge in [0.05, 0.1) is 0 Å². The molecule has 1 aromatic carbocycles. The van der Waals surface area contributed by atoms with Crippen LogP contribution in [0.2, 0.25) is 0 Å². The van der Waals surface area contributed by atoms with E-state index in [-0.39, 0.29) is 0 Å². The smallest absolute Gasteiger partial charge is 0.326 e. The summed E-state index contributed by atoms with van der Waals surface area (Å²) in [6.45, 7) is 1.84. The molecule has 0 aliphatic rings. The number of nitrogens with one attached hydrogen (secondary N) is 1. The molecule has 0 amide bonds. The molecule has 0 unspecified atom stereocenters. The normalized spacial score (nSPS) is 12.1. The molecule has 3 nitrogen and oxygen atoms in total. The average Bonchev–Trinajstić information content (AvgIpc) is 2.16. The van der Waals surface area contributed by atoms with E-state index in [4.69, 9.17) is 5.11 Å². The Labute approximate surface area is 91.3 Å². The Morgan fingerprint density at radius 2 is 2.07 bits per heavy atom.